The zero-order chi connectivity index (χ0) is 20.9. The fourth-order valence-corrected chi connectivity index (χ4v) is 5.46. The summed E-state index contributed by atoms with van der Waals surface area (Å²) < 4.78 is 27.6. The van der Waals surface area contributed by atoms with Gasteiger partial charge >= 0.3 is 0 Å². The van der Waals surface area contributed by atoms with Crippen LogP contribution in [0.15, 0.2) is 35.2 Å². The van der Waals surface area contributed by atoms with E-state index < -0.39 is 10.0 Å². The molecule has 6 nitrogen and oxygen atoms in total. The van der Waals surface area contributed by atoms with Gasteiger partial charge in [-0.3, -0.25) is 9.69 Å². The van der Waals surface area contributed by atoms with Crippen LogP contribution in [-0.2, 0) is 21.4 Å². The lowest BCUT2D eigenvalue weighted by Crippen LogP contribution is -2.31. The van der Waals surface area contributed by atoms with Crippen LogP contribution in [0, 0.1) is 6.92 Å². The number of anilines is 1. The highest BCUT2D eigenvalue weighted by Crippen LogP contribution is 2.24. The van der Waals surface area contributed by atoms with E-state index in [-0.39, 0.29) is 17.3 Å². The Kier molecular flexibility index (Phi) is 8.03. The third-order valence-electron chi connectivity index (χ3n) is 4.29. The number of hydrogen-bond acceptors (Lipinski definition) is 5. The van der Waals surface area contributed by atoms with E-state index in [0.717, 1.165) is 14.8 Å². The quantitative estimate of drug-likeness (QED) is 0.639. The number of carbonyl (C=O) groups is 1. The minimum absolute atomic E-state index is 0.179. The lowest BCUT2D eigenvalue weighted by Gasteiger charge is -2.20. The zero-order valence-electron chi connectivity index (χ0n) is 16.5. The molecule has 1 amide bonds. The molecule has 0 fully saturated rings. The van der Waals surface area contributed by atoms with E-state index >= 15 is 0 Å². The third kappa shape index (κ3) is 5.78. The molecule has 1 N–H and O–H groups in total. The van der Waals surface area contributed by atoms with E-state index in [1.165, 1.54) is 21.7 Å². The van der Waals surface area contributed by atoms with Gasteiger partial charge in [-0.25, -0.2) is 8.42 Å². The monoisotopic (exact) mass is 443 g/mol. The van der Waals surface area contributed by atoms with Crippen LogP contribution in [0.2, 0.25) is 4.34 Å². The molecule has 1 aromatic heterocycles. The predicted molar refractivity (Wildman–Crippen MR) is 116 cm³/mol. The summed E-state index contributed by atoms with van der Waals surface area (Å²) >= 11 is 7.42. The van der Waals surface area contributed by atoms with Crippen LogP contribution in [0.5, 0.6) is 0 Å². The van der Waals surface area contributed by atoms with Crippen molar-refractivity contribution in [3.63, 3.8) is 0 Å². The number of hydrogen-bond donors (Lipinski definition) is 1. The molecule has 0 aliphatic carbocycles. The first-order chi connectivity index (χ1) is 13.2. The van der Waals surface area contributed by atoms with Gasteiger partial charge in [0, 0.05) is 30.2 Å². The average Bonchev–Trinajstić information content (AvgIpc) is 3.02. The molecule has 0 saturated carbocycles. The van der Waals surface area contributed by atoms with Gasteiger partial charge in [-0.15, -0.1) is 11.3 Å². The molecule has 9 heteroatoms. The minimum atomic E-state index is -3.58. The molecule has 0 bridgehead atoms. The number of nitrogens with zero attached hydrogens (tertiary/aromatic N) is 2. The van der Waals surface area contributed by atoms with Gasteiger partial charge in [0.25, 0.3) is 0 Å². The van der Waals surface area contributed by atoms with Crippen molar-refractivity contribution >= 4 is 44.6 Å². The molecule has 28 heavy (non-hydrogen) atoms. The molecule has 0 spiro atoms. The number of rotatable bonds is 9. The number of likely N-dealkylation sites (N-methyl/N-ethyl adjacent to an activating group) is 1. The molecule has 0 atom stereocenters. The first-order valence-corrected chi connectivity index (χ1v) is 11.6. The summed E-state index contributed by atoms with van der Waals surface area (Å²) in [6, 6.07) is 8.59. The molecule has 2 rings (SSSR count). The van der Waals surface area contributed by atoms with E-state index in [2.05, 4.69) is 5.32 Å². The van der Waals surface area contributed by atoms with Gasteiger partial charge in [-0.1, -0.05) is 31.5 Å². The highest BCUT2D eigenvalue weighted by molar-refractivity contribution is 7.89. The second-order valence-corrected chi connectivity index (χ2v) is 10.2. The Morgan fingerprint density at radius 1 is 1.18 bits per heavy atom. The van der Waals surface area contributed by atoms with Gasteiger partial charge in [0.05, 0.1) is 15.8 Å². The molecule has 1 aromatic carbocycles. The van der Waals surface area contributed by atoms with Crippen LogP contribution in [0.3, 0.4) is 0 Å². The fraction of sp³-hybridized carbons (Fsp3) is 0.421. The first-order valence-electron chi connectivity index (χ1n) is 9.00. The second-order valence-electron chi connectivity index (χ2n) is 6.49. The van der Waals surface area contributed by atoms with Crippen LogP contribution < -0.4 is 5.32 Å². The number of thiophene rings is 1. The molecular weight excluding hydrogens is 418 g/mol. The maximum Gasteiger partial charge on any atom is 0.243 e. The number of benzene rings is 1. The molecule has 0 aliphatic rings. The highest BCUT2D eigenvalue weighted by Gasteiger charge is 2.22. The van der Waals surface area contributed by atoms with Crippen molar-refractivity contribution < 1.29 is 13.2 Å². The number of halogens is 1. The van der Waals surface area contributed by atoms with Crippen LogP contribution in [-0.4, -0.2) is 50.2 Å². The lowest BCUT2D eigenvalue weighted by molar-refractivity contribution is -0.117. The van der Waals surface area contributed by atoms with Gasteiger partial charge in [-0.2, -0.15) is 4.31 Å². The normalized spacial score (nSPS) is 12.0. The Morgan fingerprint density at radius 3 is 2.43 bits per heavy atom. The van der Waals surface area contributed by atoms with Gasteiger partial charge in [0.2, 0.25) is 15.9 Å². The number of carbonyl (C=O) groups excluding carboxylic acids is 1. The summed E-state index contributed by atoms with van der Waals surface area (Å²) in [6.07, 6.45) is 0. The standard InChI is InChI=1S/C19H26ClN3O3S2/c1-5-23(6-2)28(25,26)16-9-7-14(3)17(11-16)21-19(24)13-22(4)12-15-8-10-18(20)27-15/h7-11H,5-6,12-13H2,1-4H3,(H,21,24). The molecule has 154 valence electrons. The van der Waals surface area contributed by atoms with Crippen LogP contribution in [0.1, 0.15) is 24.3 Å². The van der Waals surface area contributed by atoms with Crippen molar-refractivity contribution in [2.75, 3.05) is 32.0 Å². The maximum absolute atomic E-state index is 12.7. The average molecular weight is 444 g/mol. The minimum Gasteiger partial charge on any atom is -0.325 e. The van der Waals surface area contributed by atoms with E-state index in [1.807, 2.05) is 31.0 Å². The SMILES string of the molecule is CCN(CC)S(=O)(=O)c1ccc(C)c(NC(=O)CN(C)Cc2ccc(Cl)s2)c1. The second kappa shape index (κ2) is 9.84. The Bertz CT molecular complexity index is 924. The van der Waals surface area contributed by atoms with Gasteiger partial charge in [-0.05, 0) is 43.8 Å². The fourth-order valence-electron chi connectivity index (χ4n) is 2.80. The maximum atomic E-state index is 12.7. The van der Waals surface area contributed by atoms with Crippen molar-refractivity contribution in [3.8, 4) is 0 Å². The van der Waals surface area contributed by atoms with Crippen molar-refractivity contribution in [2.45, 2.75) is 32.2 Å². The zero-order valence-corrected chi connectivity index (χ0v) is 18.9. The van der Waals surface area contributed by atoms with E-state index in [9.17, 15) is 13.2 Å². The first kappa shape index (κ1) is 22.8. The molecular formula is C19H26ClN3O3S2. The van der Waals surface area contributed by atoms with Crippen molar-refractivity contribution in [1.29, 1.82) is 0 Å². The van der Waals surface area contributed by atoms with E-state index in [1.54, 1.807) is 26.0 Å². The molecule has 0 saturated heterocycles. The Morgan fingerprint density at radius 2 is 1.86 bits per heavy atom. The van der Waals surface area contributed by atoms with Crippen LogP contribution in [0.4, 0.5) is 5.69 Å². The van der Waals surface area contributed by atoms with E-state index in [0.29, 0.717) is 25.3 Å². The molecule has 0 radical (unpaired) electrons. The topological polar surface area (TPSA) is 69.7 Å². The number of sulfonamides is 1. The Hall–Kier alpha value is -1.45. The summed E-state index contributed by atoms with van der Waals surface area (Å²) in [5, 5.41) is 2.83. The molecule has 2 aromatic rings. The van der Waals surface area contributed by atoms with Crippen LogP contribution in [0.25, 0.3) is 0 Å². The Labute approximate surface area is 176 Å². The highest BCUT2D eigenvalue weighted by atomic mass is 35.5. The van der Waals surface area contributed by atoms with Crippen molar-refractivity contribution in [2.24, 2.45) is 0 Å². The summed E-state index contributed by atoms with van der Waals surface area (Å²) in [4.78, 5) is 15.6. The summed E-state index contributed by atoms with van der Waals surface area (Å²) in [5.74, 6) is -0.203. The van der Waals surface area contributed by atoms with Crippen molar-refractivity contribution in [3.05, 3.63) is 45.1 Å². The van der Waals surface area contributed by atoms with Gasteiger partial charge < -0.3 is 5.32 Å². The van der Waals surface area contributed by atoms with Crippen LogP contribution >= 0.6 is 22.9 Å². The molecule has 0 aliphatic heterocycles. The molecule has 1 heterocycles. The van der Waals surface area contributed by atoms with Gasteiger partial charge in [0.15, 0.2) is 0 Å². The van der Waals surface area contributed by atoms with E-state index in [4.69, 9.17) is 11.6 Å². The summed E-state index contributed by atoms with van der Waals surface area (Å²) in [5.41, 5.74) is 1.31. The van der Waals surface area contributed by atoms with Crippen molar-refractivity contribution in [1.82, 2.24) is 9.21 Å². The predicted octanol–water partition coefficient (Wildman–Crippen LogP) is 3.81. The van der Waals surface area contributed by atoms with Gasteiger partial charge in [0.1, 0.15) is 0 Å². The summed E-state index contributed by atoms with van der Waals surface area (Å²) in [6.45, 7) is 7.02. The Balaban J connectivity index is 2.09. The largest absolute Gasteiger partial charge is 0.325 e. The summed E-state index contributed by atoms with van der Waals surface area (Å²) in [7, 11) is -1.73. The molecule has 0 unspecified atom stereocenters. The number of aryl methyl sites for hydroxylation is 1. The lowest BCUT2D eigenvalue weighted by atomic mass is 10.2. The third-order valence-corrected chi connectivity index (χ3v) is 7.56. The number of amides is 1. The number of nitrogens with one attached hydrogen (secondary N) is 1. The smallest absolute Gasteiger partial charge is 0.243 e.